The van der Waals surface area contributed by atoms with Gasteiger partial charge in [-0.25, -0.2) is 0 Å². The minimum Gasteiger partial charge on any atom is -0.476 e. The summed E-state index contributed by atoms with van der Waals surface area (Å²) in [6.45, 7) is 3.68. The van der Waals surface area contributed by atoms with Crippen LogP contribution in [0.2, 0.25) is 0 Å². The van der Waals surface area contributed by atoms with Crippen LogP contribution < -0.4 is 14.8 Å². The van der Waals surface area contributed by atoms with Crippen molar-refractivity contribution in [3.05, 3.63) is 10.1 Å². The van der Waals surface area contributed by atoms with Crippen molar-refractivity contribution < 1.29 is 14.4 Å². The van der Waals surface area contributed by atoms with Crippen LogP contribution in [0.1, 0.15) is 13.8 Å². The quantitative estimate of drug-likeness (QED) is 0.612. The first-order valence-electron chi connectivity index (χ1n) is 4.90. The van der Waals surface area contributed by atoms with E-state index in [1.807, 2.05) is 13.8 Å². The molecule has 0 saturated carbocycles. The number of ether oxygens (including phenoxy) is 2. The van der Waals surface area contributed by atoms with E-state index in [0.29, 0.717) is 0 Å². The molecular weight excluding hydrogens is 228 g/mol. The number of nitrogens with zero attached hydrogens (tertiary/aromatic N) is 3. The summed E-state index contributed by atoms with van der Waals surface area (Å²) in [6, 6.07) is -0.00591. The second-order valence-electron chi connectivity index (χ2n) is 3.47. The van der Waals surface area contributed by atoms with Gasteiger partial charge in [0.2, 0.25) is 5.82 Å². The Hall–Kier alpha value is -2.12. The van der Waals surface area contributed by atoms with Crippen LogP contribution in [0.4, 0.5) is 11.5 Å². The van der Waals surface area contributed by atoms with Gasteiger partial charge < -0.3 is 14.8 Å². The van der Waals surface area contributed by atoms with Crippen molar-refractivity contribution in [1.29, 1.82) is 0 Å². The molecule has 0 radical (unpaired) electrons. The number of hydrogen-bond donors (Lipinski definition) is 1. The predicted molar refractivity (Wildman–Crippen MR) is 60.5 cm³/mol. The van der Waals surface area contributed by atoms with Gasteiger partial charge in [-0.05, 0) is 13.8 Å². The average Bonchev–Trinajstić information content (AvgIpc) is 2.26. The molecule has 1 aromatic heterocycles. The first kappa shape index (κ1) is 12.9. The van der Waals surface area contributed by atoms with Crippen molar-refractivity contribution in [2.24, 2.45) is 0 Å². The highest BCUT2D eigenvalue weighted by molar-refractivity contribution is 5.62. The SMILES string of the molecule is COc1nc(NC(C)C)c([N+](=O)[O-])c(OC)n1. The largest absolute Gasteiger partial charge is 0.476 e. The smallest absolute Gasteiger partial charge is 0.372 e. The Bertz CT molecular complexity index is 422. The maximum absolute atomic E-state index is 10.9. The lowest BCUT2D eigenvalue weighted by atomic mass is 10.3. The van der Waals surface area contributed by atoms with Gasteiger partial charge >= 0.3 is 17.6 Å². The van der Waals surface area contributed by atoms with Crippen LogP contribution in [0, 0.1) is 10.1 Å². The van der Waals surface area contributed by atoms with E-state index in [-0.39, 0.29) is 29.4 Å². The molecule has 0 aliphatic heterocycles. The summed E-state index contributed by atoms with van der Waals surface area (Å²) >= 11 is 0. The normalized spacial score (nSPS) is 10.2. The molecule has 8 heteroatoms. The van der Waals surface area contributed by atoms with Crippen molar-refractivity contribution >= 4 is 11.5 Å². The van der Waals surface area contributed by atoms with Gasteiger partial charge in [-0.3, -0.25) is 10.1 Å². The molecule has 0 bridgehead atoms. The van der Waals surface area contributed by atoms with Crippen LogP contribution >= 0.6 is 0 Å². The number of aromatic nitrogens is 2. The molecule has 0 atom stereocenters. The van der Waals surface area contributed by atoms with Gasteiger partial charge in [0.15, 0.2) is 0 Å². The van der Waals surface area contributed by atoms with Crippen LogP contribution in [0.3, 0.4) is 0 Å². The van der Waals surface area contributed by atoms with Crippen molar-refractivity contribution in [2.45, 2.75) is 19.9 Å². The predicted octanol–water partition coefficient (Wildman–Crippen LogP) is 1.22. The second-order valence-corrected chi connectivity index (χ2v) is 3.47. The minimum absolute atomic E-state index is 0.00981. The van der Waals surface area contributed by atoms with E-state index in [2.05, 4.69) is 15.3 Å². The Kier molecular flexibility index (Phi) is 4.02. The fourth-order valence-corrected chi connectivity index (χ4v) is 1.19. The molecule has 1 N–H and O–H groups in total. The summed E-state index contributed by atoms with van der Waals surface area (Å²) in [6.07, 6.45) is 0. The van der Waals surface area contributed by atoms with Gasteiger partial charge in [0, 0.05) is 6.04 Å². The van der Waals surface area contributed by atoms with Gasteiger partial charge in [0.25, 0.3) is 0 Å². The van der Waals surface area contributed by atoms with E-state index in [9.17, 15) is 10.1 Å². The first-order chi connectivity index (χ1) is 7.99. The Morgan fingerprint density at radius 2 is 1.94 bits per heavy atom. The van der Waals surface area contributed by atoms with Gasteiger partial charge in [0.1, 0.15) is 0 Å². The molecule has 0 aromatic carbocycles. The molecule has 1 heterocycles. The monoisotopic (exact) mass is 242 g/mol. The van der Waals surface area contributed by atoms with Crippen molar-refractivity contribution in [1.82, 2.24) is 9.97 Å². The van der Waals surface area contributed by atoms with E-state index < -0.39 is 4.92 Å². The molecule has 0 saturated heterocycles. The van der Waals surface area contributed by atoms with Crippen LogP contribution in [-0.2, 0) is 0 Å². The summed E-state index contributed by atoms with van der Waals surface area (Å²) in [5.41, 5.74) is -0.304. The van der Waals surface area contributed by atoms with E-state index in [1.54, 1.807) is 0 Å². The lowest BCUT2D eigenvalue weighted by Gasteiger charge is -2.11. The van der Waals surface area contributed by atoms with Gasteiger partial charge in [0.05, 0.1) is 19.1 Å². The highest BCUT2D eigenvalue weighted by atomic mass is 16.6. The molecular formula is C9H14N4O4. The Balaban J connectivity index is 3.35. The molecule has 1 rings (SSSR count). The molecule has 8 nitrogen and oxygen atoms in total. The lowest BCUT2D eigenvalue weighted by Crippen LogP contribution is -2.14. The van der Waals surface area contributed by atoms with Crippen molar-refractivity contribution in [2.75, 3.05) is 19.5 Å². The summed E-state index contributed by atoms with van der Waals surface area (Å²) in [4.78, 5) is 18.0. The number of anilines is 1. The third-order valence-corrected chi connectivity index (χ3v) is 1.82. The average molecular weight is 242 g/mol. The maximum Gasteiger partial charge on any atom is 0.372 e. The zero-order valence-corrected chi connectivity index (χ0v) is 10.1. The molecule has 0 amide bonds. The lowest BCUT2D eigenvalue weighted by molar-refractivity contribution is -0.385. The van der Waals surface area contributed by atoms with E-state index in [0.717, 1.165) is 0 Å². The number of nitrogens with one attached hydrogen (secondary N) is 1. The zero-order chi connectivity index (χ0) is 13.0. The Morgan fingerprint density at radius 3 is 2.35 bits per heavy atom. The van der Waals surface area contributed by atoms with Gasteiger partial charge in [-0.1, -0.05) is 0 Å². The molecule has 0 aliphatic carbocycles. The van der Waals surface area contributed by atoms with E-state index in [4.69, 9.17) is 9.47 Å². The molecule has 0 aliphatic rings. The van der Waals surface area contributed by atoms with Gasteiger partial charge in [-0.15, -0.1) is 0 Å². The van der Waals surface area contributed by atoms with Gasteiger partial charge in [-0.2, -0.15) is 9.97 Å². The topological polar surface area (TPSA) is 99.4 Å². The van der Waals surface area contributed by atoms with Crippen molar-refractivity contribution in [3.63, 3.8) is 0 Å². The fourth-order valence-electron chi connectivity index (χ4n) is 1.19. The number of hydrogen-bond acceptors (Lipinski definition) is 7. The third kappa shape index (κ3) is 2.92. The minimum atomic E-state index is -0.594. The number of rotatable bonds is 5. The van der Waals surface area contributed by atoms with Crippen LogP contribution in [-0.4, -0.2) is 35.2 Å². The molecule has 94 valence electrons. The van der Waals surface area contributed by atoms with Crippen LogP contribution in [0.5, 0.6) is 11.9 Å². The molecule has 0 fully saturated rings. The van der Waals surface area contributed by atoms with Crippen LogP contribution in [0.25, 0.3) is 0 Å². The maximum atomic E-state index is 10.9. The Morgan fingerprint density at radius 1 is 1.29 bits per heavy atom. The molecule has 1 aromatic rings. The summed E-state index contributed by atoms with van der Waals surface area (Å²) in [5.74, 6) is -0.0568. The Labute approximate surface area is 98.1 Å². The summed E-state index contributed by atoms with van der Waals surface area (Å²) < 4.78 is 9.71. The summed E-state index contributed by atoms with van der Waals surface area (Å²) in [7, 11) is 2.67. The second kappa shape index (κ2) is 5.28. The summed E-state index contributed by atoms with van der Waals surface area (Å²) in [5, 5.41) is 13.8. The highest BCUT2D eigenvalue weighted by Gasteiger charge is 2.26. The molecule has 0 spiro atoms. The molecule has 17 heavy (non-hydrogen) atoms. The first-order valence-corrected chi connectivity index (χ1v) is 4.90. The van der Waals surface area contributed by atoms with E-state index >= 15 is 0 Å². The fraction of sp³-hybridized carbons (Fsp3) is 0.556. The highest BCUT2D eigenvalue weighted by Crippen LogP contribution is 2.33. The number of methoxy groups -OCH3 is 2. The zero-order valence-electron chi connectivity index (χ0n) is 10.1. The van der Waals surface area contributed by atoms with E-state index in [1.165, 1.54) is 14.2 Å². The standard InChI is InChI=1S/C9H14N4O4/c1-5(2)10-7-6(13(14)15)8(16-3)12-9(11-7)17-4/h5H,1-4H3,(H,10,11,12). The number of nitro groups is 1. The third-order valence-electron chi connectivity index (χ3n) is 1.82. The molecule has 0 unspecified atom stereocenters. The van der Waals surface area contributed by atoms with Crippen LogP contribution in [0.15, 0.2) is 0 Å². The van der Waals surface area contributed by atoms with Crippen molar-refractivity contribution in [3.8, 4) is 11.9 Å².